The molecule has 0 bridgehead atoms. The van der Waals surface area contributed by atoms with E-state index < -0.39 is 6.04 Å². The van der Waals surface area contributed by atoms with Gasteiger partial charge in [0.2, 0.25) is 0 Å². The summed E-state index contributed by atoms with van der Waals surface area (Å²) in [6.45, 7) is 3.26. The van der Waals surface area contributed by atoms with Crippen molar-refractivity contribution in [1.82, 2.24) is 24.9 Å². The monoisotopic (exact) mass is 367 g/mol. The number of hydrogen-bond acceptors (Lipinski definition) is 5. The smallest absolute Gasteiger partial charge is 0.272 e. The standard InChI is InChI=1S/C19H21N5O3/c1-12(21-19(26)14-2-6-20-7-3-14)15-11-18(25)24-17(22-15)10-16(23-24)13-4-8-27-9-5-13/h2-3,6-7,10-13,23H,4-5,8-9H2,1H3,(H,21,26)/t12-/m0/s1. The minimum atomic E-state index is -0.398. The number of rotatable bonds is 4. The molecule has 3 aromatic rings. The topological polar surface area (TPSA) is 101 Å². The molecule has 1 atom stereocenters. The van der Waals surface area contributed by atoms with Crippen LogP contribution in [0.5, 0.6) is 0 Å². The van der Waals surface area contributed by atoms with E-state index in [-0.39, 0.29) is 11.5 Å². The molecule has 0 aromatic carbocycles. The van der Waals surface area contributed by atoms with Gasteiger partial charge in [-0.3, -0.25) is 19.7 Å². The summed E-state index contributed by atoms with van der Waals surface area (Å²) < 4.78 is 6.85. The van der Waals surface area contributed by atoms with Crippen LogP contribution in [0.25, 0.3) is 5.65 Å². The van der Waals surface area contributed by atoms with Crippen LogP contribution in [0.2, 0.25) is 0 Å². The predicted octanol–water partition coefficient (Wildman–Crippen LogP) is 1.80. The predicted molar refractivity (Wildman–Crippen MR) is 98.7 cm³/mol. The van der Waals surface area contributed by atoms with Crippen LogP contribution in [0.1, 0.15) is 53.5 Å². The summed E-state index contributed by atoms with van der Waals surface area (Å²) in [6, 6.07) is 6.25. The molecule has 0 saturated carbocycles. The molecule has 1 fully saturated rings. The van der Waals surface area contributed by atoms with E-state index in [0.717, 1.165) is 31.7 Å². The van der Waals surface area contributed by atoms with E-state index in [4.69, 9.17) is 4.74 Å². The Morgan fingerprint density at radius 1 is 1.30 bits per heavy atom. The van der Waals surface area contributed by atoms with E-state index in [1.54, 1.807) is 24.5 Å². The number of aromatic nitrogens is 4. The molecule has 1 aliphatic heterocycles. The Balaban J connectivity index is 1.58. The van der Waals surface area contributed by atoms with Gasteiger partial charge in [-0.25, -0.2) is 9.50 Å². The van der Waals surface area contributed by atoms with Gasteiger partial charge in [-0.2, -0.15) is 0 Å². The number of aromatic amines is 1. The first kappa shape index (κ1) is 17.4. The van der Waals surface area contributed by atoms with Crippen LogP contribution in [0.3, 0.4) is 0 Å². The highest BCUT2D eigenvalue weighted by Gasteiger charge is 2.20. The second-order valence-corrected chi connectivity index (χ2v) is 6.74. The number of nitrogens with one attached hydrogen (secondary N) is 2. The maximum Gasteiger partial charge on any atom is 0.272 e. The van der Waals surface area contributed by atoms with Gasteiger partial charge in [0, 0.05) is 54.9 Å². The van der Waals surface area contributed by atoms with Gasteiger partial charge in [0.1, 0.15) is 0 Å². The number of nitrogens with zero attached hydrogens (tertiary/aromatic N) is 3. The molecular weight excluding hydrogens is 346 g/mol. The molecule has 1 amide bonds. The quantitative estimate of drug-likeness (QED) is 0.732. The van der Waals surface area contributed by atoms with Crippen molar-refractivity contribution >= 4 is 11.6 Å². The van der Waals surface area contributed by atoms with E-state index in [9.17, 15) is 9.59 Å². The lowest BCUT2D eigenvalue weighted by Gasteiger charge is -2.20. The van der Waals surface area contributed by atoms with Gasteiger partial charge in [0.05, 0.1) is 11.7 Å². The Bertz CT molecular complexity index is 1010. The van der Waals surface area contributed by atoms with Gasteiger partial charge in [0.15, 0.2) is 5.65 Å². The van der Waals surface area contributed by atoms with E-state index >= 15 is 0 Å². The molecule has 3 aromatic heterocycles. The number of pyridine rings is 1. The first-order chi connectivity index (χ1) is 13.1. The van der Waals surface area contributed by atoms with Crippen molar-refractivity contribution in [2.75, 3.05) is 13.2 Å². The third-order valence-electron chi connectivity index (χ3n) is 4.88. The van der Waals surface area contributed by atoms with Crippen molar-refractivity contribution in [2.24, 2.45) is 0 Å². The summed E-state index contributed by atoms with van der Waals surface area (Å²) in [5.74, 6) is 0.107. The second-order valence-electron chi connectivity index (χ2n) is 6.74. The van der Waals surface area contributed by atoms with Crippen molar-refractivity contribution in [3.63, 3.8) is 0 Å². The van der Waals surface area contributed by atoms with Crippen molar-refractivity contribution in [2.45, 2.75) is 31.7 Å². The minimum absolute atomic E-state index is 0.196. The SMILES string of the molecule is C[C@H](NC(=O)c1ccncc1)c1cc(=O)n2[nH]c(C3CCOCC3)cc2n1. The number of fused-ring (bicyclic) bond motifs is 1. The molecule has 0 unspecified atom stereocenters. The van der Waals surface area contributed by atoms with Gasteiger partial charge >= 0.3 is 0 Å². The van der Waals surface area contributed by atoms with Crippen LogP contribution in [-0.2, 0) is 4.74 Å². The van der Waals surface area contributed by atoms with E-state index in [2.05, 4.69) is 20.4 Å². The van der Waals surface area contributed by atoms with Crippen LogP contribution in [0.4, 0.5) is 0 Å². The molecular formula is C19H21N5O3. The normalized spacial score (nSPS) is 16.3. The average Bonchev–Trinajstić information content (AvgIpc) is 3.14. The lowest BCUT2D eigenvalue weighted by atomic mass is 9.97. The summed E-state index contributed by atoms with van der Waals surface area (Å²) in [5.41, 5.74) is 2.40. The van der Waals surface area contributed by atoms with Gasteiger partial charge in [-0.05, 0) is 31.9 Å². The fourth-order valence-corrected chi connectivity index (χ4v) is 3.32. The molecule has 0 spiro atoms. The highest BCUT2D eigenvalue weighted by atomic mass is 16.5. The molecule has 8 nitrogen and oxygen atoms in total. The number of carbonyl (C=O) groups is 1. The van der Waals surface area contributed by atoms with Crippen LogP contribution in [0, 0.1) is 0 Å². The highest BCUT2D eigenvalue weighted by Crippen LogP contribution is 2.26. The van der Waals surface area contributed by atoms with Crippen molar-refractivity contribution in [3.05, 3.63) is 64.0 Å². The van der Waals surface area contributed by atoms with Gasteiger partial charge in [-0.15, -0.1) is 0 Å². The molecule has 140 valence electrons. The van der Waals surface area contributed by atoms with Gasteiger partial charge in [0.25, 0.3) is 11.5 Å². The first-order valence-corrected chi connectivity index (χ1v) is 9.03. The molecule has 1 saturated heterocycles. The summed E-state index contributed by atoms with van der Waals surface area (Å²) in [5, 5.41) is 6.03. The zero-order valence-electron chi connectivity index (χ0n) is 15.0. The third-order valence-corrected chi connectivity index (χ3v) is 4.88. The Kier molecular flexibility index (Phi) is 4.72. The fraction of sp³-hybridized carbons (Fsp3) is 0.368. The molecule has 1 aliphatic rings. The second kappa shape index (κ2) is 7.32. The molecule has 27 heavy (non-hydrogen) atoms. The zero-order chi connectivity index (χ0) is 18.8. The Morgan fingerprint density at radius 3 is 2.78 bits per heavy atom. The number of ether oxygens (including phenoxy) is 1. The van der Waals surface area contributed by atoms with Gasteiger partial charge in [-0.1, -0.05) is 0 Å². The summed E-state index contributed by atoms with van der Waals surface area (Å²) in [7, 11) is 0. The Labute approximate surface area is 155 Å². The lowest BCUT2D eigenvalue weighted by molar-refractivity contribution is 0.0844. The average molecular weight is 367 g/mol. The third kappa shape index (κ3) is 3.61. The Morgan fingerprint density at radius 2 is 2.04 bits per heavy atom. The Hall–Kier alpha value is -3.00. The summed E-state index contributed by atoms with van der Waals surface area (Å²) in [4.78, 5) is 33.3. The van der Waals surface area contributed by atoms with Crippen LogP contribution >= 0.6 is 0 Å². The van der Waals surface area contributed by atoms with E-state index in [1.807, 2.05) is 13.0 Å². The summed E-state index contributed by atoms with van der Waals surface area (Å²) >= 11 is 0. The number of H-pyrrole nitrogens is 1. The van der Waals surface area contributed by atoms with Crippen LogP contribution in [0.15, 0.2) is 41.5 Å². The fourth-order valence-electron chi connectivity index (χ4n) is 3.32. The maximum atomic E-state index is 12.5. The number of amides is 1. The van der Waals surface area contributed by atoms with Crippen LogP contribution in [-0.4, -0.2) is 38.7 Å². The zero-order valence-corrected chi connectivity index (χ0v) is 15.0. The molecule has 8 heteroatoms. The number of hydrogen-bond donors (Lipinski definition) is 2. The largest absolute Gasteiger partial charge is 0.381 e. The molecule has 0 aliphatic carbocycles. The molecule has 2 N–H and O–H groups in total. The van der Waals surface area contributed by atoms with Gasteiger partial charge < -0.3 is 10.1 Å². The molecule has 0 radical (unpaired) electrons. The summed E-state index contributed by atoms with van der Waals surface area (Å²) in [6.07, 6.45) is 4.97. The van der Waals surface area contributed by atoms with E-state index in [1.165, 1.54) is 10.6 Å². The van der Waals surface area contributed by atoms with Crippen LogP contribution < -0.4 is 10.9 Å². The number of carbonyl (C=O) groups excluding carboxylic acids is 1. The maximum absolute atomic E-state index is 12.5. The molecule has 4 heterocycles. The minimum Gasteiger partial charge on any atom is -0.381 e. The van der Waals surface area contributed by atoms with Crippen molar-refractivity contribution in [3.8, 4) is 0 Å². The lowest BCUT2D eigenvalue weighted by Crippen LogP contribution is -2.28. The van der Waals surface area contributed by atoms with Crippen molar-refractivity contribution in [1.29, 1.82) is 0 Å². The highest BCUT2D eigenvalue weighted by molar-refractivity contribution is 5.94. The molecule has 4 rings (SSSR count). The van der Waals surface area contributed by atoms with E-state index in [0.29, 0.717) is 22.8 Å². The first-order valence-electron chi connectivity index (χ1n) is 9.03. The van der Waals surface area contributed by atoms with Crippen molar-refractivity contribution < 1.29 is 9.53 Å².